The number of aromatic hydroxyl groups is 1. The molecule has 2 aliphatic rings. The van der Waals surface area contributed by atoms with Crippen LogP contribution in [0.1, 0.15) is 62.8 Å². The number of hydrogen-bond donors (Lipinski definition) is 1. The SMILES string of the molecule is C[C@H]1CC[C@H]2[C@H](C1)c1c(O)cc(/C=C/c3cc4ccccc4o3)cc1OC2(C)C. The van der Waals surface area contributed by atoms with Gasteiger partial charge in [-0.1, -0.05) is 37.6 Å². The van der Waals surface area contributed by atoms with Gasteiger partial charge in [-0.3, -0.25) is 0 Å². The van der Waals surface area contributed by atoms with Crippen LogP contribution in [0.15, 0.2) is 46.9 Å². The standard InChI is InChI=1S/C26H28O3/c1-16-8-11-21-20(12-16)25-22(27)13-17(14-24(25)29-26(21,2)3)9-10-19-15-18-6-4-5-7-23(18)28-19/h4-7,9-10,13-16,20-21,27H,8,11-12H2,1-3H3/b10-9+/t16-,20-,21-/m0/s1. The second kappa shape index (κ2) is 6.69. The first-order valence-electron chi connectivity index (χ1n) is 10.6. The molecule has 1 aromatic heterocycles. The summed E-state index contributed by atoms with van der Waals surface area (Å²) in [6, 6.07) is 13.9. The van der Waals surface area contributed by atoms with E-state index in [2.05, 4.69) is 26.8 Å². The van der Waals surface area contributed by atoms with Crippen molar-refractivity contribution in [1.29, 1.82) is 0 Å². The Morgan fingerprint density at radius 2 is 1.90 bits per heavy atom. The summed E-state index contributed by atoms with van der Waals surface area (Å²) in [6.07, 6.45) is 7.43. The quantitative estimate of drug-likeness (QED) is 0.514. The molecule has 150 valence electrons. The van der Waals surface area contributed by atoms with E-state index in [0.717, 1.165) is 46.4 Å². The number of rotatable bonds is 2. The molecule has 1 N–H and O–H groups in total. The molecule has 0 amide bonds. The zero-order chi connectivity index (χ0) is 20.2. The number of phenols is 1. The molecule has 1 aliphatic heterocycles. The van der Waals surface area contributed by atoms with Crippen LogP contribution < -0.4 is 4.74 Å². The highest BCUT2D eigenvalue weighted by molar-refractivity contribution is 5.82. The Kier molecular flexibility index (Phi) is 4.23. The lowest BCUT2D eigenvalue weighted by atomic mass is 9.64. The van der Waals surface area contributed by atoms with Gasteiger partial charge in [-0.2, -0.15) is 0 Å². The Hall–Kier alpha value is -2.68. The van der Waals surface area contributed by atoms with Crippen molar-refractivity contribution in [3.63, 3.8) is 0 Å². The molecule has 1 saturated carbocycles. The highest BCUT2D eigenvalue weighted by Crippen LogP contribution is 2.55. The van der Waals surface area contributed by atoms with Gasteiger partial charge in [-0.25, -0.2) is 0 Å². The molecule has 0 bridgehead atoms. The third kappa shape index (κ3) is 3.23. The molecule has 2 heterocycles. The lowest BCUT2D eigenvalue weighted by Gasteiger charge is -2.48. The summed E-state index contributed by atoms with van der Waals surface area (Å²) in [5.74, 6) is 3.48. The molecular weight excluding hydrogens is 360 g/mol. The molecule has 0 unspecified atom stereocenters. The van der Waals surface area contributed by atoms with Crippen LogP contribution in [-0.4, -0.2) is 10.7 Å². The summed E-state index contributed by atoms with van der Waals surface area (Å²) < 4.78 is 12.3. The zero-order valence-corrected chi connectivity index (χ0v) is 17.3. The normalized spacial score (nSPS) is 25.6. The lowest BCUT2D eigenvalue weighted by molar-refractivity contribution is -0.0145. The van der Waals surface area contributed by atoms with Crippen molar-refractivity contribution in [3.05, 3.63) is 59.4 Å². The highest BCUT2D eigenvalue weighted by atomic mass is 16.5. The fourth-order valence-electron chi connectivity index (χ4n) is 5.34. The van der Waals surface area contributed by atoms with Crippen molar-refractivity contribution < 1.29 is 14.3 Å². The molecule has 3 nitrogen and oxygen atoms in total. The van der Waals surface area contributed by atoms with Crippen LogP contribution in [0.5, 0.6) is 11.5 Å². The van der Waals surface area contributed by atoms with Crippen molar-refractivity contribution in [2.45, 2.75) is 51.6 Å². The van der Waals surface area contributed by atoms with Gasteiger partial charge >= 0.3 is 0 Å². The van der Waals surface area contributed by atoms with Gasteiger partial charge in [0.05, 0.1) is 0 Å². The van der Waals surface area contributed by atoms with E-state index < -0.39 is 0 Å². The number of phenolic OH excluding ortho intramolecular Hbond substituents is 1. The minimum absolute atomic E-state index is 0.217. The Morgan fingerprint density at radius 1 is 1.07 bits per heavy atom. The van der Waals surface area contributed by atoms with Crippen molar-refractivity contribution >= 4 is 23.1 Å². The Balaban J connectivity index is 1.50. The summed E-state index contributed by atoms with van der Waals surface area (Å²) in [4.78, 5) is 0. The van der Waals surface area contributed by atoms with Gasteiger partial charge in [0.15, 0.2) is 0 Å². The number of hydrogen-bond acceptors (Lipinski definition) is 3. The molecular formula is C26H28O3. The fraction of sp³-hybridized carbons (Fsp3) is 0.385. The minimum Gasteiger partial charge on any atom is -0.507 e. The number of benzene rings is 2. The number of furan rings is 1. The first kappa shape index (κ1) is 18.4. The van der Waals surface area contributed by atoms with E-state index in [1.807, 2.05) is 48.6 Å². The van der Waals surface area contributed by atoms with Gasteiger partial charge in [-0.05, 0) is 74.4 Å². The lowest BCUT2D eigenvalue weighted by Crippen LogP contribution is -2.46. The van der Waals surface area contributed by atoms with E-state index in [4.69, 9.17) is 9.15 Å². The van der Waals surface area contributed by atoms with E-state index >= 15 is 0 Å². The maximum atomic E-state index is 10.9. The monoisotopic (exact) mass is 388 g/mol. The highest BCUT2D eigenvalue weighted by Gasteiger charge is 2.47. The molecule has 0 spiro atoms. The molecule has 0 radical (unpaired) electrons. The number of ether oxygens (including phenoxy) is 1. The van der Waals surface area contributed by atoms with Crippen molar-refractivity contribution in [2.75, 3.05) is 0 Å². The maximum absolute atomic E-state index is 10.9. The van der Waals surface area contributed by atoms with Gasteiger partial charge in [0, 0.05) is 16.9 Å². The van der Waals surface area contributed by atoms with Crippen LogP contribution in [0.3, 0.4) is 0 Å². The number of para-hydroxylation sites is 1. The topological polar surface area (TPSA) is 42.6 Å². The van der Waals surface area contributed by atoms with E-state index in [9.17, 15) is 5.11 Å². The van der Waals surface area contributed by atoms with Crippen LogP contribution >= 0.6 is 0 Å². The minimum atomic E-state index is -0.217. The predicted octanol–water partition coefficient (Wildman–Crippen LogP) is 7.00. The van der Waals surface area contributed by atoms with Crippen LogP contribution in [0, 0.1) is 11.8 Å². The summed E-state index contributed by atoms with van der Waals surface area (Å²) in [6.45, 7) is 6.70. The summed E-state index contributed by atoms with van der Waals surface area (Å²) in [7, 11) is 0. The third-order valence-electron chi connectivity index (χ3n) is 6.78. The van der Waals surface area contributed by atoms with E-state index in [0.29, 0.717) is 23.5 Å². The predicted molar refractivity (Wildman–Crippen MR) is 117 cm³/mol. The van der Waals surface area contributed by atoms with Gasteiger partial charge in [0.2, 0.25) is 0 Å². The molecule has 1 fully saturated rings. The molecule has 3 atom stereocenters. The largest absolute Gasteiger partial charge is 0.507 e. The first-order valence-corrected chi connectivity index (χ1v) is 10.6. The van der Waals surface area contributed by atoms with Gasteiger partial charge in [0.25, 0.3) is 0 Å². The zero-order valence-electron chi connectivity index (χ0n) is 17.3. The smallest absolute Gasteiger partial charge is 0.134 e. The first-order chi connectivity index (χ1) is 13.9. The number of fused-ring (bicyclic) bond motifs is 4. The fourth-order valence-corrected chi connectivity index (χ4v) is 5.34. The van der Waals surface area contributed by atoms with Crippen LogP contribution in [-0.2, 0) is 0 Å². The summed E-state index contributed by atoms with van der Waals surface area (Å²) >= 11 is 0. The maximum Gasteiger partial charge on any atom is 0.134 e. The molecule has 5 rings (SSSR count). The Bertz CT molecular complexity index is 1060. The van der Waals surface area contributed by atoms with E-state index in [1.165, 1.54) is 6.42 Å². The van der Waals surface area contributed by atoms with Gasteiger partial charge in [0.1, 0.15) is 28.4 Å². The molecule has 1 aliphatic carbocycles. The molecule has 0 saturated heterocycles. The van der Waals surface area contributed by atoms with Gasteiger partial charge < -0.3 is 14.3 Å². The van der Waals surface area contributed by atoms with Crippen LogP contribution in [0.25, 0.3) is 23.1 Å². The third-order valence-corrected chi connectivity index (χ3v) is 6.78. The summed E-state index contributed by atoms with van der Waals surface area (Å²) in [5, 5.41) is 12.0. The average molecular weight is 389 g/mol. The van der Waals surface area contributed by atoms with Crippen molar-refractivity contribution in [1.82, 2.24) is 0 Å². The molecule has 3 aromatic rings. The molecule has 3 heteroatoms. The second-order valence-electron chi connectivity index (χ2n) is 9.31. The van der Waals surface area contributed by atoms with Gasteiger partial charge in [-0.15, -0.1) is 0 Å². The Labute approximate surface area is 172 Å². The van der Waals surface area contributed by atoms with E-state index in [-0.39, 0.29) is 5.60 Å². The summed E-state index contributed by atoms with van der Waals surface area (Å²) in [5.41, 5.74) is 2.58. The van der Waals surface area contributed by atoms with Crippen LogP contribution in [0.4, 0.5) is 0 Å². The van der Waals surface area contributed by atoms with E-state index in [1.54, 1.807) is 0 Å². The molecule has 2 aromatic carbocycles. The van der Waals surface area contributed by atoms with Crippen LogP contribution in [0.2, 0.25) is 0 Å². The Morgan fingerprint density at radius 3 is 2.72 bits per heavy atom. The van der Waals surface area contributed by atoms with Crippen molar-refractivity contribution in [2.24, 2.45) is 11.8 Å². The van der Waals surface area contributed by atoms with Crippen molar-refractivity contribution in [3.8, 4) is 11.5 Å². The molecule has 29 heavy (non-hydrogen) atoms. The second-order valence-corrected chi connectivity index (χ2v) is 9.31. The average Bonchev–Trinajstić information content (AvgIpc) is 3.08.